The molecular weight excluding hydrogens is 274 g/mol. The average molecular weight is 305 g/mol. The van der Waals surface area contributed by atoms with Gasteiger partial charge in [0.1, 0.15) is 0 Å². The van der Waals surface area contributed by atoms with Crippen LogP contribution in [0.5, 0.6) is 0 Å². The maximum atomic E-state index is 11.7. The third-order valence-corrected chi connectivity index (χ3v) is 4.47. The third-order valence-electron chi connectivity index (χ3n) is 4.47. The first-order valence-corrected chi connectivity index (χ1v) is 8.71. The molecule has 1 unspecified atom stereocenters. The summed E-state index contributed by atoms with van der Waals surface area (Å²) in [7, 11) is 0. The molecule has 0 fully saturated rings. The van der Waals surface area contributed by atoms with Gasteiger partial charge in [-0.2, -0.15) is 0 Å². The van der Waals surface area contributed by atoms with Crippen LogP contribution in [0.3, 0.4) is 0 Å². The molecule has 0 saturated carbocycles. The monoisotopic (exact) mass is 305 g/mol. The summed E-state index contributed by atoms with van der Waals surface area (Å²) in [6, 6.07) is 5.76. The fourth-order valence-electron chi connectivity index (χ4n) is 3.18. The number of aromatic carboxylic acids is 1. The quantitative estimate of drug-likeness (QED) is 0.596. The zero-order valence-corrected chi connectivity index (χ0v) is 14.6. The summed E-state index contributed by atoms with van der Waals surface area (Å²) < 4.78 is 0. The Morgan fingerprint density at radius 3 is 2.32 bits per heavy atom. The highest BCUT2D eigenvalue weighted by atomic mass is 16.4. The lowest BCUT2D eigenvalue weighted by molar-refractivity contribution is 0.0697. The molecule has 0 saturated heterocycles. The smallest absolute Gasteiger partial charge is 0.337 e. The van der Waals surface area contributed by atoms with Crippen molar-refractivity contribution in [2.45, 2.75) is 65.7 Å². The molecule has 22 heavy (non-hydrogen) atoms. The molecule has 0 aliphatic heterocycles. The number of para-hydroxylation sites is 1. The van der Waals surface area contributed by atoms with Crippen LogP contribution in [-0.4, -0.2) is 24.2 Å². The van der Waals surface area contributed by atoms with E-state index in [0.717, 1.165) is 31.6 Å². The number of nitrogens with zero attached hydrogens (tertiary/aromatic N) is 1. The minimum absolute atomic E-state index is 0.440. The van der Waals surface area contributed by atoms with Crippen LogP contribution in [0.2, 0.25) is 0 Å². The van der Waals surface area contributed by atoms with Gasteiger partial charge in [0.2, 0.25) is 0 Å². The molecule has 0 bridgehead atoms. The first kappa shape index (κ1) is 18.5. The Morgan fingerprint density at radius 1 is 1.14 bits per heavy atom. The highest BCUT2D eigenvalue weighted by Gasteiger charge is 2.22. The van der Waals surface area contributed by atoms with E-state index >= 15 is 0 Å². The van der Waals surface area contributed by atoms with Gasteiger partial charge < -0.3 is 10.0 Å². The molecule has 0 heterocycles. The highest BCUT2D eigenvalue weighted by molar-refractivity contribution is 5.95. The van der Waals surface area contributed by atoms with Gasteiger partial charge in [-0.15, -0.1) is 0 Å². The van der Waals surface area contributed by atoms with Gasteiger partial charge in [0.25, 0.3) is 0 Å². The fourth-order valence-corrected chi connectivity index (χ4v) is 3.18. The first-order valence-electron chi connectivity index (χ1n) is 8.71. The lowest BCUT2D eigenvalue weighted by Crippen LogP contribution is -2.26. The number of hydrogen-bond donors (Lipinski definition) is 1. The number of anilines is 1. The molecule has 0 amide bonds. The van der Waals surface area contributed by atoms with Crippen LogP contribution in [0.1, 0.15) is 81.6 Å². The van der Waals surface area contributed by atoms with Crippen molar-refractivity contribution in [3.05, 3.63) is 29.3 Å². The lowest BCUT2D eigenvalue weighted by Gasteiger charge is -2.29. The van der Waals surface area contributed by atoms with E-state index in [-0.39, 0.29) is 0 Å². The number of carboxylic acid groups (broad SMARTS) is 1. The zero-order chi connectivity index (χ0) is 16.5. The Hall–Kier alpha value is -1.51. The molecule has 1 rings (SSSR count). The summed E-state index contributed by atoms with van der Waals surface area (Å²) in [5.74, 6) is -0.381. The molecular formula is C19H31NO2. The zero-order valence-electron chi connectivity index (χ0n) is 14.6. The van der Waals surface area contributed by atoms with Gasteiger partial charge in [-0.1, -0.05) is 45.2 Å². The Bertz CT molecular complexity index is 467. The van der Waals surface area contributed by atoms with Crippen LogP contribution in [0.4, 0.5) is 5.69 Å². The van der Waals surface area contributed by atoms with Crippen molar-refractivity contribution >= 4 is 11.7 Å². The van der Waals surface area contributed by atoms with Crippen LogP contribution >= 0.6 is 0 Å². The summed E-state index contributed by atoms with van der Waals surface area (Å²) in [4.78, 5) is 13.8. The number of carboxylic acids is 1. The van der Waals surface area contributed by atoms with Crippen LogP contribution < -0.4 is 4.90 Å². The Labute approximate surface area is 135 Å². The predicted molar refractivity (Wildman–Crippen MR) is 94.1 cm³/mol. The topological polar surface area (TPSA) is 40.5 Å². The normalized spacial score (nSPS) is 12.2. The lowest BCUT2D eigenvalue weighted by atomic mass is 9.88. The maximum absolute atomic E-state index is 11.7. The maximum Gasteiger partial charge on any atom is 0.337 e. The molecule has 1 N–H and O–H groups in total. The third kappa shape index (κ3) is 4.49. The van der Waals surface area contributed by atoms with E-state index in [1.165, 1.54) is 24.8 Å². The van der Waals surface area contributed by atoms with Crippen LogP contribution in [-0.2, 0) is 0 Å². The predicted octanol–water partition coefficient (Wildman–Crippen LogP) is 5.30. The van der Waals surface area contributed by atoms with Gasteiger partial charge in [-0.05, 0) is 44.2 Å². The van der Waals surface area contributed by atoms with Crippen LogP contribution in [0.25, 0.3) is 0 Å². The molecule has 0 aromatic heterocycles. The van der Waals surface area contributed by atoms with Crippen LogP contribution in [0, 0.1) is 0 Å². The van der Waals surface area contributed by atoms with Crippen molar-refractivity contribution in [1.82, 2.24) is 0 Å². The minimum atomic E-state index is -0.827. The largest absolute Gasteiger partial charge is 0.478 e. The summed E-state index contributed by atoms with van der Waals surface area (Å²) in [5.41, 5.74) is 2.58. The second kappa shape index (κ2) is 9.50. The molecule has 3 heteroatoms. The van der Waals surface area contributed by atoms with Gasteiger partial charge in [0, 0.05) is 13.1 Å². The van der Waals surface area contributed by atoms with Crippen molar-refractivity contribution in [2.24, 2.45) is 0 Å². The van der Waals surface area contributed by atoms with E-state index < -0.39 is 5.97 Å². The van der Waals surface area contributed by atoms with Gasteiger partial charge in [0.15, 0.2) is 0 Å². The molecule has 0 spiro atoms. The number of benzene rings is 1. The second-order valence-corrected chi connectivity index (χ2v) is 5.82. The van der Waals surface area contributed by atoms with Gasteiger partial charge in [-0.3, -0.25) is 0 Å². The summed E-state index contributed by atoms with van der Waals surface area (Å²) in [5, 5.41) is 9.57. The second-order valence-electron chi connectivity index (χ2n) is 5.82. The van der Waals surface area contributed by atoms with E-state index in [9.17, 15) is 9.90 Å². The van der Waals surface area contributed by atoms with E-state index in [1.807, 2.05) is 6.07 Å². The van der Waals surface area contributed by atoms with Gasteiger partial charge in [-0.25, -0.2) is 4.79 Å². The highest BCUT2D eigenvalue weighted by Crippen LogP contribution is 2.36. The van der Waals surface area contributed by atoms with Crippen molar-refractivity contribution in [3.63, 3.8) is 0 Å². The Balaban J connectivity index is 3.25. The number of unbranched alkanes of at least 4 members (excludes halogenated alkanes) is 2. The molecule has 0 aliphatic carbocycles. The average Bonchev–Trinajstić information content (AvgIpc) is 2.53. The van der Waals surface area contributed by atoms with E-state index in [4.69, 9.17) is 0 Å². The molecule has 1 aromatic rings. The number of carbonyl (C=O) groups is 1. The van der Waals surface area contributed by atoms with Crippen molar-refractivity contribution < 1.29 is 9.90 Å². The summed E-state index contributed by atoms with van der Waals surface area (Å²) in [6.07, 6.45) is 5.87. The fraction of sp³-hybridized carbons (Fsp3) is 0.632. The molecule has 0 aliphatic rings. The standard InChI is InChI=1S/C19H31NO2/c1-5-9-10-12-15(6-2)16-13-11-14-17(19(21)22)18(16)20(7-3)8-4/h11,13-15H,5-10,12H2,1-4H3,(H,21,22). The van der Waals surface area contributed by atoms with Gasteiger partial charge >= 0.3 is 5.97 Å². The van der Waals surface area contributed by atoms with Crippen molar-refractivity contribution in [3.8, 4) is 0 Å². The summed E-state index contributed by atoms with van der Waals surface area (Å²) >= 11 is 0. The summed E-state index contributed by atoms with van der Waals surface area (Å²) in [6.45, 7) is 10.3. The van der Waals surface area contributed by atoms with Crippen molar-refractivity contribution in [2.75, 3.05) is 18.0 Å². The van der Waals surface area contributed by atoms with E-state index in [1.54, 1.807) is 6.07 Å². The van der Waals surface area contributed by atoms with Gasteiger partial charge in [0.05, 0.1) is 11.3 Å². The molecule has 124 valence electrons. The van der Waals surface area contributed by atoms with E-state index in [0.29, 0.717) is 11.5 Å². The SMILES string of the molecule is CCCCCC(CC)c1cccc(C(=O)O)c1N(CC)CC. The molecule has 3 nitrogen and oxygen atoms in total. The Morgan fingerprint density at radius 2 is 1.82 bits per heavy atom. The first-order chi connectivity index (χ1) is 10.6. The Kier molecular flexibility index (Phi) is 8.00. The van der Waals surface area contributed by atoms with Crippen molar-refractivity contribution in [1.29, 1.82) is 0 Å². The van der Waals surface area contributed by atoms with Crippen LogP contribution in [0.15, 0.2) is 18.2 Å². The minimum Gasteiger partial charge on any atom is -0.478 e. The number of rotatable bonds is 10. The molecule has 1 atom stereocenters. The number of hydrogen-bond acceptors (Lipinski definition) is 2. The van der Waals surface area contributed by atoms with E-state index in [2.05, 4.69) is 38.7 Å². The molecule has 1 aromatic carbocycles. The molecule has 0 radical (unpaired) electrons.